The number of ether oxygens (including phenoxy) is 2. The molecule has 3 fully saturated rings. The third-order valence-electron chi connectivity index (χ3n) is 8.40. The van der Waals surface area contributed by atoms with Crippen LogP contribution in [-0.4, -0.2) is 41.4 Å². The van der Waals surface area contributed by atoms with Gasteiger partial charge in [-0.15, -0.1) is 0 Å². The average Bonchev–Trinajstić information content (AvgIpc) is 3.45. The SMILES string of the molecule is COC(=O)c1cc(F)c2nc(N3C4CC[C@H]3C[C@H](OCc3c(-c5ccccc5C)noc3C3CC3)C4)sc2c1. The molecule has 4 aromatic rings. The molecule has 2 aliphatic heterocycles. The van der Waals surface area contributed by atoms with Gasteiger partial charge in [0, 0.05) is 29.1 Å². The molecule has 0 spiro atoms. The second-order valence-corrected chi connectivity index (χ2v) is 12.0. The molecule has 2 saturated heterocycles. The molecular weight excluding hydrogens is 517 g/mol. The number of anilines is 1. The largest absolute Gasteiger partial charge is 0.465 e. The zero-order valence-corrected chi connectivity index (χ0v) is 22.8. The highest BCUT2D eigenvalue weighted by Gasteiger charge is 2.43. The van der Waals surface area contributed by atoms with Gasteiger partial charge in [0.25, 0.3) is 0 Å². The zero-order chi connectivity index (χ0) is 26.7. The molecule has 3 atom stereocenters. The zero-order valence-electron chi connectivity index (χ0n) is 22.0. The van der Waals surface area contributed by atoms with Crippen LogP contribution in [0.1, 0.15) is 71.7 Å². The molecule has 0 N–H and O–H groups in total. The second-order valence-electron chi connectivity index (χ2n) is 11.0. The first-order valence-electron chi connectivity index (χ1n) is 13.6. The molecule has 1 unspecified atom stereocenters. The van der Waals surface area contributed by atoms with Gasteiger partial charge in [-0.1, -0.05) is 40.8 Å². The summed E-state index contributed by atoms with van der Waals surface area (Å²) >= 11 is 1.44. The van der Waals surface area contributed by atoms with Crippen molar-refractivity contribution in [3.05, 3.63) is 64.7 Å². The summed E-state index contributed by atoms with van der Waals surface area (Å²) in [6.45, 7) is 2.59. The molecule has 7 rings (SSSR count). The summed E-state index contributed by atoms with van der Waals surface area (Å²) in [4.78, 5) is 19.0. The number of methoxy groups -OCH3 is 1. The van der Waals surface area contributed by atoms with Crippen LogP contribution in [0.25, 0.3) is 21.5 Å². The molecule has 7 nitrogen and oxygen atoms in total. The Bertz CT molecular complexity index is 1550. The van der Waals surface area contributed by atoms with Crippen LogP contribution in [0.5, 0.6) is 0 Å². The van der Waals surface area contributed by atoms with Crippen molar-refractivity contribution in [3.8, 4) is 11.3 Å². The minimum absolute atomic E-state index is 0.127. The summed E-state index contributed by atoms with van der Waals surface area (Å²) in [6.07, 6.45) is 6.32. The van der Waals surface area contributed by atoms with Crippen LogP contribution in [0.4, 0.5) is 9.52 Å². The van der Waals surface area contributed by atoms with E-state index in [9.17, 15) is 9.18 Å². The van der Waals surface area contributed by atoms with Crippen molar-refractivity contribution < 1.29 is 23.2 Å². The number of hydrogen-bond acceptors (Lipinski definition) is 8. The van der Waals surface area contributed by atoms with Gasteiger partial charge in [-0.3, -0.25) is 0 Å². The lowest BCUT2D eigenvalue weighted by Gasteiger charge is -2.38. The molecule has 4 heterocycles. The molecule has 2 bridgehead atoms. The summed E-state index contributed by atoms with van der Waals surface area (Å²) in [5.74, 6) is 0.389. The fraction of sp³-hybridized carbons (Fsp3) is 0.433. The van der Waals surface area contributed by atoms with Crippen molar-refractivity contribution >= 4 is 32.7 Å². The van der Waals surface area contributed by atoms with Gasteiger partial charge in [0.1, 0.15) is 17.0 Å². The molecule has 0 amide bonds. The normalized spacial score (nSPS) is 22.5. The number of nitrogens with zero attached hydrogens (tertiary/aromatic N) is 3. The van der Waals surface area contributed by atoms with Crippen molar-refractivity contribution in [1.29, 1.82) is 0 Å². The Labute approximate surface area is 229 Å². The van der Waals surface area contributed by atoms with Gasteiger partial charge in [0.15, 0.2) is 10.9 Å². The molecule has 9 heteroatoms. The molecule has 0 radical (unpaired) electrons. The van der Waals surface area contributed by atoms with Crippen LogP contribution in [0.3, 0.4) is 0 Å². The number of halogens is 1. The van der Waals surface area contributed by atoms with Gasteiger partial charge >= 0.3 is 5.97 Å². The van der Waals surface area contributed by atoms with Crippen LogP contribution >= 0.6 is 11.3 Å². The van der Waals surface area contributed by atoms with Crippen LogP contribution in [0.15, 0.2) is 40.9 Å². The Morgan fingerprint density at radius 2 is 1.92 bits per heavy atom. The first-order valence-corrected chi connectivity index (χ1v) is 14.4. The number of hydrogen-bond donors (Lipinski definition) is 0. The van der Waals surface area contributed by atoms with Crippen LogP contribution < -0.4 is 4.90 Å². The van der Waals surface area contributed by atoms with Gasteiger partial charge in [0.05, 0.1) is 30.1 Å². The number of fused-ring (bicyclic) bond motifs is 3. The summed E-state index contributed by atoms with van der Waals surface area (Å²) in [7, 11) is 1.30. The molecule has 2 aromatic heterocycles. The summed E-state index contributed by atoms with van der Waals surface area (Å²) in [5, 5.41) is 5.30. The van der Waals surface area contributed by atoms with E-state index in [-0.39, 0.29) is 11.7 Å². The summed E-state index contributed by atoms with van der Waals surface area (Å²) in [5.41, 5.74) is 4.77. The van der Waals surface area contributed by atoms with E-state index in [2.05, 4.69) is 34.1 Å². The van der Waals surface area contributed by atoms with E-state index in [4.69, 9.17) is 14.0 Å². The van der Waals surface area contributed by atoms with E-state index in [0.29, 0.717) is 34.8 Å². The lowest BCUT2D eigenvalue weighted by atomic mass is 9.99. The smallest absolute Gasteiger partial charge is 0.338 e. The predicted octanol–water partition coefficient (Wildman–Crippen LogP) is 6.78. The van der Waals surface area contributed by atoms with Crippen molar-refractivity contribution in [3.63, 3.8) is 0 Å². The Balaban J connectivity index is 1.10. The molecule has 3 aliphatic rings. The molecule has 202 valence electrons. The van der Waals surface area contributed by atoms with Gasteiger partial charge in [-0.05, 0) is 63.1 Å². The molecule has 1 aliphatic carbocycles. The van der Waals surface area contributed by atoms with E-state index in [1.807, 2.05) is 12.1 Å². The molecular formula is C30H30FN3O4S. The monoisotopic (exact) mass is 547 g/mol. The maximum Gasteiger partial charge on any atom is 0.338 e. The number of benzene rings is 2. The van der Waals surface area contributed by atoms with Gasteiger partial charge < -0.3 is 18.9 Å². The maximum absolute atomic E-state index is 14.8. The minimum atomic E-state index is -0.549. The van der Waals surface area contributed by atoms with Crippen LogP contribution in [-0.2, 0) is 16.1 Å². The number of aryl methyl sites for hydroxylation is 1. The van der Waals surface area contributed by atoms with E-state index in [1.165, 1.54) is 30.1 Å². The third kappa shape index (κ3) is 4.41. The van der Waals surface area contributed by atoms with Crippen molar-refractivity contribution in [2.75, 3.05) is 12.0 Å². The fourth-order valence-electron chi connectivity index (χ4n) is 6.28. The summed E-state index contributed by atoms with van der Waals surface area (Å²) < 4.78 is 32.7. The first kappa shape index (κ1) is 24.7. The van der Waals surface area contributed by atoms with Crippen molar-refractivity contribution in [2.45, 2.75) is 76.2 Å². The van der Waals surface area contributed by atoms with E-state index >= 15 is 0 Å². The summed E-state index contributed by atoms with van der Waals surface area (Å²) in [6, 6.07) is 11.7. The van der Waals surface area contributed by atoms with E-state index in [0.717, 1.165) is 66.2 Å². The topological polar surface area (TPSA) is 77.7 Å². The second kappa shape index (κ2) is 9.71. The van der Waals surface area contributed by atoms with Gasteiger partial charge in [-0.2, -0.15) is 0 Å². The highest BCUT2D eigenvalue weighted by atomic mass is 32.1. The number of thiazole rings is 1. The number of carbonyl (C=O) groups excluding carboxylic acids is 1. The Kier molecular flexibility index (Phi) is 6.16. The molecule has 39 heavy (non-hydrogen) atoms. The van der Waals surface area contributed by atoms with Crippen molar-refractivity contribution in [1.82, 2.24) is 10.1 Å². The predicted molar refractivity (Wildman–Crippen MR) is 147 cm³/mol. The van der Waals surface area contributed by atoms with Crippen LogP contribution in [0, 0.1) is 12.7 Å². The van der Waals surface area contributed by atoms with Crippen LogP contribution in [0.2, 0.25) is 0 Å². The number of esters is 1. The third-order valence-corrected chi connectivity index (χ3v) is 9.41. The standard InChI is InChI=1S/C30H30FN3O4S/c1-16-5-3-4-6-22(16)26-23(28(38-33-26)17-7-8-17)15-37-21-13-19-9-10-20(14-21)34(19)30-32-27-24(31)11-18(29(35)36-2)12-25(27)39-30/h3-6,11-12,17,19-21H,7-10,13-15H2,1-2H3/t19-,20?,21-/m0/s1. The van der Waals surface area contributed by atoms with Gasteiger partial charge in [-0.25, -0.2) is 14.2 Å². The fourth-order valence-corrected chi connectivity index (χ4v) is 7.44. The molecule has 2 aromatic carbocycles. The van der Waals surface area contributed by atoms with Gasteiger partial charge in [0.2, 0.25) is 0 Å². The highest BCUT2D eigenvalue weighted by molar-refractivity contribution is 7.22. The lowest BCUT2D eigenvalue weighted by molar-refractivity contribution is 0.0147. The number of aromatic nitrogens is 2. The number of piperidine rings is 1. The Hall–Kier alpha value is -3.30. The van der Waals surface area contributed by atoms with E-state index in [1.54, 1.807) is 6.07 Å². The Morgan fingerprint density at radius 1 is 1.15 bits per heavy atom. The quantitative estimate of drug-likeness (QED) is 0.236. The lowest BCUT2D eigenvalue weighted by Crippen LogP contribution is -2.45. The highest BCUT2D eigenvalue weighted by Crippen LogP contribution is 2.46. The minimum Gasteiger partial charge on any atom is -0.465 e. The maximum atomic E-state index is 14.8. The van der Waals surface area contributed by atoms with Crippen molar-refractivity contribution in [2.24, 2.45) is 0 Å². The first-order chi connectivity index (χ1) is 19.0. The molecule has 1 saturated carbocycles. The number of rotatable bonds is 7. The van der Waals surface area contributed by atoms with E-state index < -0.39 is 11.8 Å². The average molecular weight is 548 g/mol. The number of carbonyl (C=O) groups is 1. The Morgan fingerprint density at radius 3 is 2.64 bits per heavy atom.